The van der Waals surface area contributed by atoms with E-state index in [-0.39, 0.29) is 11.7 Å². The molecule has 0 saturated heterocycles. The van der Waals surface area contributed by atoms with Gasteiger partial charge >= 0.3 is 5.69 Å². The van der Waals surface area contributed by atoms with Crippen molar-refractivity contribution >= 4 is 34.6 Å². The molecular weight excluding hydrogens is 444 g/mol. The fraction of sp³-hybridized carbons (Fsp3) is 0.130. The topological polar surface area (TPSA) is 154 Å². The molecule has 0 heterocycles. The fourth-order valence-electron chi connectivity index (χ4n) is 3.10. The third-order valence-electron chi connectivity index (χ3n) is 4.80. The van der Waals surface area contributed by atoms with Crippen molar-refractivity contribution in [2.45, 2.75) is 13.8 Å². The Hall–Kier alpha value is -4.80. The Bertz CT molecular complexity index is 1290. The number of nitrogens with one attached hydrogen (secondary N) is 2. The van der Waals surface area contributed by atoms with Crippen molar-refractivity contribution in [3.63, 3.8) is 0 Å². The van der Waals surface area contributed by atoms with E-state index in [0.29, 0.717) is 16.9 Å². The van der Waals surface area contributed by atoms with Gasteiger partial charge in [0.05, 0.1) is 27.3 Å². The Morgan fingerprint density at radius 1 is 0.882 bits per heavy atom. The molecule has 174 valence electrons. The van der Waals surface area contributed by atoms with Crippen LogP contribution in [0.4, 0.5) is 22.7 Å². The quantitative estimate of drug-likeness (QED) is 0.370. The van der Waals surface area contributed by atoms with Crippen molar-refractivity contribution in [1.29, 1.82) is 0 Å². The highest BCUT2D eigenvalue weighted by Gasteiger charge is 2.21. The van der Waals surface area contributed by atoms with Crippen molar-refractivity contribution < 1.29 is 24.2 Å². The SMILES string of the molecule is Cc1ccc(NC(=O)c2ccccc2C)c(NC(=O)COc2ccc([N+](=O)[O-])cc2[N+](=O)[O-])c1. The number of hydrogen-bond acceptors (Lipinski definition) is 7. The van der Waals surface area contributed by atoms with E-state index in [0.717, 1.165) is 29.3 Å². The van der Waals surface area contributed by atoms with Gasteiger partial charge in [-0.25, -0.2) is 0 Å². The number of amides is 2. The number of anilines is 2. The summed E-state index contributed by atoms with van der Waals surface area (Å²) < 4.78 is 5.24. The van der Waals surface area contributed by atoms with Crippen LogP contribution in [0.5, 0.6) is 5.75 Å². The number of nitro groups is 2. The fourth-order valence-corrected chi connectivity index (χ4v) is 3.10. The first-order valence-electron chi connectivity index (χ1n) is 9.99. The Labute approximate surface area is 193 Å². The van der Waals surface area contributed by atoms with Gasteiger partial charge in [-0.2, -0.15) is 0 Å². The van der Waals surface area contributed by atoms with Crippen LogP contribution < -0.4 is 15.4 Å². The van der Waals surface area contributed by atoms with E-state index in [4.69, 9.17) is 4.74 Å². The summed E-state index contributed by atoms with van der Waals surface area (Å²) >= 11 is 0. The lowest BCUT2D eigenvalue weighted by molar-refractivity contribution is -0.394. The van der Waals surface area contributed by atoms with Gasteiger partial charge in [0.25, 0.3) is 17.5 Å². The predicted octanol–water partition coefficient (Wildman–Crippen LogP) is 4.39. The highest BCUT2D eigenvalue weighted by atomic mass is 16.6. The Balaban J connectivity index is 1.74. The molecule has 11 nitrogen and oxygen atoms in total. The number of hydrogen-bond donors (Lipinski definition) is 2. The van der Waals surface area contributed by atoms with E-state index in [2.05, 4.69) is 10.6 Å². The molecular formula is C23H20N4O7. The van der Waals surface area contributed by atoms with Crippen molar-refractivity contribution in [2.24, 2.45) is 0 Å². The van der Waals surface area contributed by atoms with Gasteiger partial charge in [-0.1, -0.05) is 24.3 Å². The molecule has 0 spiro atoms. The number of non-ortho nitro benzene ring substituents is 1. The molecule has 0 atom stereocenters. The van der Waals surface area contributed by atoms with Gasteiger partial charge in [-0.15, -0.1) is 0 Å². The average Bonchev–Trinajstić information content (AvgIpc) is 2.79. The number of benzene rings is 3. The van der Waals surface area contributed by atoms with Crippen LogP contribution in [0.2, 0.25) is 0 Å². The number of carbonyl (C=O) groups is 2. The average molecular weight is 464 g/mol. The maximum absolute atomic E-state index is 12.7. The van der Waals surface area contributed by atoms with Gasteiger partial charge in [-0.3, -0.25) is 29.8 Å². The molecule has 11 heteroatoms. The van der Waals surface area contributed by atoms with Crippen LogP contribution in [0.15, 0.2) is 60.7 Å². The molecule has 0 bridgehead atoms. The normalized spacial score (nSPS) is 10.3. The molecule has 0 aliphatic rings. The minimum absolute atomic E-state index is 0.289. The number of carbonyl (C=O) groups excluding carboxylic acids is 2. The molecule has 0 aromatic heterocycles. The summed E-state index contributed by atoms with van der Waals surface area (Å²) in [6.07, 6.45) is 0. The molecule has 3 rings (SSSR count). The van der Waals surface area contributed by atoms with Crippen molar-refractivity contribution in [2.75, 3.05) is 17.2 Å². The molecule has 2 N–H and O–H groups in total. The molecule has 0 saturated carbocycles. The lowest BCUT2D eigenvalue weighted by atomic mass is 10.1. The van der Waals surface area contributed by atoms with Crippen LogP contribution in [0.25, 0.3) is 0 Å². The van der Waals surface area contributed by atoms with Crippen LogP contribution >= 0.6 is 0 Å². The summed E-state index contributed by atoms with van der Waals surface area (Å²) in [5.41, 5.74) is 1.64. The van der Waals surface area contributed by atoms with E-state index in [1.165, 1.54) is 0 Å². The molecule has 0 radical (unpaired) electrons. The number of aryl methyl sites for hydroxylation is 2. The van der Waals surface area contributed by atoms with E-state index in [1.54, 1.807) is 37.3 Å². The summed E-state index contributed by atoms with van der Waals surface area (Å²) in [4.78, 5) is 45.6. The van der Waals surface area contributed by atoms with E-state index in [9.17, 15) is 29.8 Å². The summed E-state index contributed by atoms with van der Waals surface area (Å²) in [5, 5.41) is 27.5. The maximum atomic E-state index is 12.7. The monoisotopic (exact) mass is 464 g/mol. The zero-order chi connectivity index (χ0) is 24.8. The molecule has 3 aromatic carbocycles. The smallest absolute Gasteiger partial charge is 0.317 e. The number of ether oxygens (including phenoxy) is 1. The van der Waals surface area contributed by atoms with Gasteiger partial charge in [-0.05, 0) is 49.2 Å². The Morgan fingerprint density at radius 3 is 2.29 bits per heavy atom. The second kappa shape index (κ2) is 10.2. The maximum Gasteiger partial charge on any atom is 0.317 e. The third-order valence-corrected chi connectivity index (χ3v) is 4.80. The third kappa shape index (κ3) is 5.71. The minimum Gasteiger partial charge on any atom is -0.477 e. The second-order valence-corrected chi connectivity index (χ2v) is 7.32. The number of rotatable bonds is 8. The second-order valence-electron chi connectivity index (χ2n) is 7.32. The minimum atomic E-state index is -0.833. The number of nitrogens with zero attached hydrogens (tertiary/aromatic N) is 2. The molecule has 34 heavy (non-hydrogen) atoms. The van der Waals surface area contributed by atoms with E-state index < -0.39 is 33.7 Å². The zero-order valence-electron chi connectivity index (χ0n) is 18.2. The predicted molar refractivity (Wildman–Crippen MR) is 124 cm³/mol. The molecule has 0 fully saturated rings. The molecule has 0 aliphatic heterocycles. The van der Waals surface area contributed by atoms with E-state index >= 15 is 0 Å². The molecule has 0 unspecified atom stereocenters. The zero-order valence-corrected chi connectivity index (χ0v) is 18.2. The Kier molecular flexibility index (Phi) is 7.16. The largest absolute Gasteiger partial charge is 0.477 e. The van der Waals surface area contributed by atoms with Crippen LogP contribution in [0.3, 0.4) is 0 Å². The first kappa shape index (κ1) is 23.9. The van der Waals surface area contributed by atoms with Gasteiger partial charge in [0, 0.05) is 11.6 Å². The number of nitro benzene ring substituents is 2. The summed E-state index contributed by atoms with van der Waals surface area (Å²) in [7, 11) is 0. The highest BCUT2D eigenvalue weighted by Crippen LogP contribution is 2.31. The lowest BCUT2D eigenvalue weighted by Gasteiger charge is -2.14. The van der Waals surface area contributed by atoms with Gasteiger partial charge in [0.15, 0.2) is 12.4 Å². The molecule has 2 amide bonds. The lowest BCUT2D eigenvalue weighted by Crippen LogP contribution is -2.22. The van der Waals surface area contributed by atoms with Crippen molar-refractivity contribution in [3.8, 4) is 5.75 Å². The van der Waals surface area contributed by atoms with E-state index in [1.807, 2.05) is 19.1 Å². The van der Waals surface area contributed by atoms with Crippen molar-refractivity contribution in [1.82, 2.24) is 0 Å². The summed E-state index contributed by atoms with van der Waals surface area (Å²) in [6.45, 7) is 3.01. The highest BCUT2D eigenvalue weighted by molar-refractivity contribution is 6.08. The Morgan fingerprint density at radius 2 is 1.62 bits per heavy atom. The van der Waals surface area contributed by atoms with Gasteiger partial charge < -0.3 is 15.4 Å². The molecule has 3 aromatic rings. The van der Waals surface area contributed by atoms with Crippen LogP contribution in [0.1, 0.15) is 21.5 Å². The standard InChI is InChI=1S/C23H20N4O7/c1-14-7-9-18(25-23(29)17-6-4-3-5-15(17)2)19(11-14)24-22(28)13-34-21-10-8-16(26(30)31)12-20(21)27(32)33/h3-12H,13H2,1-2H3,(H,24,28)(H,25,29). The first-order chi connectivity index (χ1) is 16.2. The van der Waals surface area contributed by atoms with Gasteiger partial charge in [0.2, 0.25) is 0 Å². The van der Waals surface area contributed by atoms with Gasteiger partial charge in [0.1, 0.15) is 0 Å². The van der Waals surface area contributed by atoms with Crippen molar-refractivity contribution in [3.05, 3.63) is 97.6 Å². The first-order valence-corrected chi connectivity index (χ1v) is 9.99. The summed E-state index contributed by atoms with van der Waals surface area (Å²) in [6, 6.07) is 15.0. The van der Waals surface area contributed by atoms with Crippen LogP contribution in [-0.4, -0.2) is 28.3 Å². The van der Waals surface area contributed by atoms with Crippen LogP contribution in [0, 0.1) is 34.1 Å². The molecule has 0 aliphatic carbocycles. The summed E-state index contributed by atoms with van der Waals surface area (Å²) in [5.74, 6) is -1.29. The van der Waals surface area contributed by atoms with Crippen LogP contribution in [-0.2, 0) is 4.79 Å².